The van der Waals surface area contributed by atoms with Gasteiger partial charge < -0.3 is 15.2 Å². The lowest BCUT2D eigenvalue weighted by Crippen LogP contribution is -2.14. The Labute approximate surface area is 90.3 Å². The van der Waals surface area contributed by atoms with E-state index in [1.165, 1.54) is 0 Å². The van der Waals surface area contributed by atoms with Crippen LogP contribution in [0.25, 0.3) is 0 Å². The van der Waals surface area contributed by atoms with Crippen LogP contribution in [0.15, 0.2) is 18.3 Å². The summed E-state index contributed by atoms with van der Waals surface area (Å²) in [6, 6.07) is 3.75. The number of ether oxygens (including phenoxy) is 1. The quantitative estimate of drug-likeness (QED) is 0.747. The van der Waals surface area contributed by atoms with E-state index in [9.17, 15) is 0 Å². The van der Waals surface area contributed by atoms with Crippen molar-refractivity contribution < 1.29 is 9.84 Å². The maximum atomic E-state index is 8.85. The molecule has 1 heterocycles. The van der Waals surface area contributed by atoms with Gasteiger partial charge in [0.25, 0.3) is 0 Å². The Morgan fingerprint density at radius 2 is 2.33 bits per heavy atom. The molecule has 0 saturated carbocycles. The highest BCUT2D eigenvalue weighted by Crippen LogP contribution is 2.11. The maximum absolute atomic E-state index is 8.85. The summed E-state index contributed by atoms with van der Waals surface area (Å²) in [6.45, 7) is 5.47. The van der Waals surface area contributed by atoms with Crippen molar-refractivity contribution in [1.82, 2.24) is 4.98 Å². The van der Waals surface area contributed by atoms with Crippen LogP contribution in [-0.4, -0.2) is 29.8 Å². The number of pyridine rings is 1. The Bertz CT molecular complexity index is 274. The maximum Gasteiger partial charge on any atom is 0.213 e. The Kier molecular flexibility index (Phi) is 4.90. The van der Waals surface area contributed by atoms with Crippen LogP contribution in [0.4, 0.5) is 5.69 Å². The number of nitrogens with one attached hydrogen (secondary N) is 1. The van der Waals surface area contributed by atoms with E-state index in [2.05, 4.69) is 10.3 Å². The normalized spacial score (nSPS) is 12.2. The van der Waals surface area contributed by atoms with E-state index in [0.29, 0.717) is 12.5 Å². The van der Waals surface area contributed by atoms with Crippen molar-refractivity contribution in [3.05, 3.63) is 18.3 Å². The zero-order chi connectivity index (χ0) is 11.1. The number of aliphatic hydroxyl groups is 1. The Morgan fingerprint density at radius 1 is 1.53 bits per heavy atom. The zero-order valence-electron chi connectivity index (χ0n) is 9.23. The van der Waals surface area contributed by atoms with Crippen LogP contribution in [0, 0.1) is 5.92 Å². The highest BCUT2D eigenvalue weighted by molar-refractivity contribution is 5.41. The molecule has 0 aromatic carbocycles. The highest BCUT2D eigenvalue weighted by atomic mass is 16.5. The first-order chi connectivity index (χ1) is 7.26. The molecular formula is C11H18N2O2. The molecule has 0 spiro atoms. The molecule has 0 aliphatic carbocycles. The molecule has 0 saturated heterocycles. The van der Waals surface area contributed by atoms with Gasteiger partial charge in [-0.2, -0.15) is 0 Å². The minimum atomic E-state index is 0.192. The van der Waals surface area contributed by atoms with Gasteiger partial charge in [-0.3, -0.25) is 0 Å². The summed E-state index contributed by atoms with van der Waals surface area (Å²) in [5.74, 6) is 0.884. The molecule has 1 aromatic rings. The number of aromatic nitrogens is 1. The molecule has 1 unspecified atom stereocenters. The van der Waals surface area contributed by atoms with Crippen molar-refractivity contribution in [3.63, 3.8) is 0 Å². The largest absolute Gasteiger partial charge is 0.478 e. The second-order valence-electron chi connectivity index (χ2n) is 3.49. The molecule has 4 nitrogen and oxygen atoms in total. The molecule has 0 amide bonds. The Morgan fingerprint density at radius 3 is 2.87 bits per heavy atom. The van der Waals surface area contributed by atoms with Crippen LogP contribution in [-0.2, 0) is 0 Å². The van der Waals surface area contributed by atoms with Crippen molar-refractivity contribution in [2.24, 2.45) is 5.92 Å². The third-order valence-corrected chi connectivity index (χ3v) is 1.99. The average molecular weight is 210 g/mol. The number of anilines is 1. The molecule has 0 bridgehead atoms. The number of hydrogen-bond donors (Lipinski definition) is 2. The predicted octanol–water partition coefficient (Wildman–Crippen LogP) is 1.52. The summed E-state index contributed by atoms with van der Waals surface area (Å²) in [5, 5.41) is 12.0. The van der Waals surface area contributed by atoms with E-state index in [4.69, 9.17) is 9.84 Å². The van der Waals surface area contributed by atoms with E-state index in [1.54, 1.807) is 6.20 Å². The summed E-state index contributed by atoms with van der Waals surface area (Å²) in [6.07, 6.45) is 1.73. The Hall–Kier alpha value is -1.29. The lowest BCUT2D eigenvalue weighted by Gasteiger charge is -2.10. The fraction of sp³-hybridized carbons (Fsp3) is 0.545. The van der Waals surface area contributed by atoms with Gasteiger partial charge in [0.05, 0.1) is 18.5 Å². The minimum Gasteiger partial charge on any atom is -0.478 e. The van der Waals surface area contributed by atoms with Crippen molar-refractivity contribution in [3.8, 4) is 5.88 Å². The highest BCUT2D eigenvalue weighted by Gasteiger charge is 2.00. The number of nitrogens with zero attached hydrogens (tertiary/aromatic N) is 1. The van der Waals surface area contributed by atoms with E-state index in [0.717, 1.165) is 12.2 Å². The fourth-order valence-electron chi connectivity index (χ4n) is 1.07. The standard InChI is InChI=1S/C11H18N2O2/c1-3-15-11-5-4-10(7-13-11)12-6-9(2)8-14/h4-5,7,9,12,14H,3,6,8H2,1-2H3. The van der Waals surface area contributed by atoms with Gasteiger partial charge in [0.2, 0.25) is 5.88 Å². The minimum absolute atomic E-state index is 0.192. The van der Waals surface area contributed by atoms with Gasteiger partial charge in [-0.1, -0.05) is 6.92 Å². The second-order valence-corrected chi connectivity index (χ2v) is 3.49. The molecular weight excluding hydrogens is 192 g/mol. The summed E-state index contributed by atoms with van der Waals surface area (Å²) in [5.41, 5.74) is 0.943. The van der Waals surface area contributed by atoms with Crippen LogP contribution in [0.5, 0.6) is 5.88 Å². The lowest BCUT2D eigenvalue weighted by molar-refractivity contribution is 0.244. The fourth-order valence-corrected chi connectivity index (χ4v) is 1.07. The first-order valence-corrected chi connectivity index (χ1v) is 5.19. The number of aliphatic hydroxyl groups excluding tert-OH is 1. The van der Waals surface area contributed by atoms with Gasteiger partial charge in [0, 0.05) is 19.2 Å². The van der Waals surface area contributed by atoms with Crippen LogP contribution in [0.2, 0.25) is 0 Å². The first kappa shape index (κ1) is 11.8. The molecule has 4 heteroatoms. The summed E-state index contributed by atoms with van der Waals surface area (Å²) in [4.78, 5) is 4.12. The van der Waals surface area contributed by atoms with Crippen LogP contribution < -0.4 is 10.1 Å². The number of hydrogen-bond acceptors (Lipinski definition) is 4. The monoisotopic (exact) mass is 210 g/mol. The van der Waals surface area contributed by atoms with Crippen molar-refractivity contribution in [2.45, 2.75) is 13.8 Å². The lowest BCUT2D eigenvalue weighted by atomic mass is 10.2. The molecule has 1 aromatic heterocycles. The van der Waals surface area contributed by atoms with Crippen molar-refractivity contribution in [1.29, 1.82) is 0 Å². The van der Waals surface area contributed by atoms with Gasteiger partial charge in [0.15, 0.2) is 0 Å². The van der Waals surface area contributed by atoms with Crippen molar-refractivity contribution in [2.75, 3.05) is 25.1 Å². The molecule has 1 rings (SSSR count). The molecule has 0 radical (unpaired) electrons. The van der Waals surface area contributed by atoms with Gasteiger partial charge in [-0.15, -0.1) is 0 Å². The smallest absolute Gasteiger partial charge is 0.213 e. The van der Waals surface area contributed by atoms with E-state index in [-0.39, 0.29) is 12.5 Å². The van der Waals surface area contributed by atoms with Gasteiger partial charge in [-0.25, -0.2) is 4.98 Å². The zero-order valence-corrected chi connectivity index (χ0v) is 9.23. The third kappa shape index (κ3) is 4.16. The van der Waals surface area contributed by atoms with E-state index in [1.807, 2.05) is 26.0 Å². The van der Waals surface area contributed by atoms with Crippen molar-refractivity contribution >= 4 is 5.69 Å². The summed E-state index contributed by atoms with van der Waals surface area (Å²) >= 11 is 0. The van der Waals surface area contributed by atoms with E-state index >= 15 is 0 Å². The van der Waals surface area contributed by atoms with E-state index < -0.39 is 0 Å². The van der Waals surface area contributed by atoms with Crippen LogP contribution >= 0.6 is 0 Å². The topological polar surface area (TPSA) is 54.4 Å². The first-order valence-electron chi connectivity index (χ1n) is 5.19. The van der Waals surface area contributed by atoms with Gasteiger partial charge in [0.1, 0.15) is 0 Å². The predicted molar refractivity (Wildman–Crippen MR) is 60.1 cm³/mol. The van der Waals surface area contributed by atoms with Gasteiger partial charge >= 0.3 is 0 Å². The van der Waals surface area contributed by atoms with Gasteiger partial charge in [-0.05, 0) is 18.9 Å². The summed E-state index contributed by atoms with van der Waals surface area (Å²) < 4.78 is 5.23. The van der Waals surface area contributed by atoms with Crippen LogP contribution in [0.1, 0.15) is 13.8 Å². The SMILES string of the molecule is CCOc1ccc(NCC(C)CO)cn1. The second kappa shape index (κ2) is 6.24. The molecule has 0 aliphatic heterocycles. The molecule has 0 aliphatic rings. The molecule has 0 fully saturated rings. The molecule has 1 atom stereocenters. The van der Waals surface area contributed by atoms with Crippen LogP contribution in [0.3, 0.4) is 0 Å². The summed E-state index contributed by atoms with van der Waals surface area (Å²) in [7, 11) is 0. The molecule has 2 N–H and O–H groups in total. The average Bonchev–Trinajstić information content (AvgIpc) is 2.28. The Balaban J connectivity index is 2.42. The molecule has 15 heavy (non-hydrogen) atoms. The third-order valence-electron chi connectivity index (χ3n) is 1.99. The molecule has 84 valence electrons. The number of rotatable bonds is 6.